The molecule has 1 saturated heterocycles. The number of nitrogens with one attached hydrogen (secondary N) is 1. The van der Waals surface area contributed by atoms with E-state index in [0.717, 1.165) is 35.6 Å². The summed E-state index contributed by atoms with van der Waals surface area (Å²) in [5, 5.41) is 3.16. The number of likely N-dealkylation sites (tertiary alicyclic amines) is 1. The molecule has 1 aliphatic heterocycles. The molecule has 2 fully saturated rings. The van der Waals surface area contributed by atoms with Crippen molar-refractivity contribution in [3.8, 4) is 11.3 Å². The first kappa shape index (κ1) is 23.4. The molecule has 3 aromatic rings. The van der Waals surface area contributed by atoms with E-state index in [0.29, 0.717) is 18.5 Å². The van der Waals surface area contributed by atoms with Gasteiger partial charge in [0, 0.05) is 36.5 Å². The summed E-state index contributed by atoms with van der Waals surface area (Å²) in [5.74, 6) is 1.59. The summed E-state index contributed by atoms with van der Waals surface area (Å²) in [6.45, 7) is 7.99. The van der Waals surface area contributed by atoms with E-state index >= 15 is 0 Å². The van der Waals surface area contributed by atoms with Crippen molar-refractivity contribution in [2.75, 3.05) is 19.6 Å². The van der Waals surface area contributed by atoms with Crippen molar-refractivity contribution in [1.29, 1.82) is 0 Å². The summed E-state index contributed by atoms with van der Waals surface area (Å²) < 4.78 is 0. The Morgan fingerprint density at radius 1 is 1.11 bits per heavy atom. The molecule has 186 valence electrons. The van der Waals surface area contributed by atoms with Gasteiger partial charge in [0.05, 0.1) is 5.69 Å². The molecule has 4 heteroatoms. The maximum atomic E-state index is 13.1. The van der Waals surface area contributed by atoms with Gasteiger partial charge in [0.25, 0.3) is 5.91 Å². The molecule has 6 rings (SSSR count). The monoisotopic (exact) mass is 479 g/mol. The lowest BCUT2D eigenvalue weighted by Gasteiger charge is -2.55. The molecule has 1 N–H and O–H groups in total. The molecule has 0 radical (unpaired) electrons. The van der Waals surface area contributed by atoms with Crippen LogP contribution in [-0.4, -0.2) is 41.5 Å². The number of nitrogens with zero attached hydrogens (tertiary/aromatic N) is 2. The van der Waals surface area contributed by atoms with Crippen LogP contribution in [0.25, 0.3) is 11.3 Å². The van der Waals surface area contributed by atoms with Gasteiger partial charge in [-0.2, -0.15) is 0 Å². The molecule has 2 aromatic carbocycles. The molecular weight excluding hydrogens is 442 g/mol. The first-order valence-corrected chi connectivity index (χ1v) is 13.7. The number of pyridine rings is 1. The number of hydrogen-bond donors (Lipinski definition) is 1. The second-order valence-corrected chi connectivity index (χ2v) is 11.5. The Bertz CT molecular complexity index is 1230. The highest BCUT2D eigenvalue weighted by atomic mass is 16.1. The van der Waals surface area contributed by atoms with E-state index < -0.39 is 0 Å². The van der Waals surface area contributed by atoms with Crippen LogP contribution in [0, 0.1) is 11.8 Å². The van der Waals surface area contributed by atoms with Crippen LogP contribution in [0.3, 0.4) is 0 Å². The van der Waals surface area contributed by atoms with Crippen LogP contribution < -0.4 is 5.32 Å². The van der Waals surface area contributed by atoms with E-state index in [4.69, 9.17) is 0 Å². The Kier molecular flexibility index (Phi) is 6.17. The molecule has 2 aliphatic carbocycles. The predicted molar refractivity (Wildman–Crippen MR) is 145 cm³/mol. The van der Waals surface area contributed by atoms with Gasteiger partial charge in [0.2, 0.25) is 0 Å². The summed E-state index contributed by atoms with van der Waals surface area (Å²) in [6, 6.07) is 21.5. The summed E-state index contributed by atoms with van der Waals surface area (Å²) in [4.78, 5) is 20.3. The zero-order valence-electron chi connectivity index (χ0n) is 21.5. The fraction of sp³-hybridized carbons (Fsp3) is 0.438. The third kappa shape index (κ3) is 4.48. The van der Waals surface area contributed by atoms with Crippen molar-refractivity contribution in [3.63, 3.8) is 0 Å². The second-order valence-electron chi connectivity index (χ2n) is 11.5. The van der Waals surface area contributed by atoms with Gasteiger partial charge in [-0.05, 0) is 96.9 Å². The number of fused-ring (bicyclic) bond motifs is 4. The van der Waals surface area contributed by atoms with Crippen LogP contribution in [0.5, 0.6) is 0 Å². The van der Waals surface area contributed by atoms with Crippen molar-refractivity contribution in [3.05, 3.63) is 89.1 Å². The van der Waals surface area contributed by atoms with Crippen LogP contribution in [0.2, 0.25) is 0 Å². The molecule has 1 unspecified atom stereocenters. The number of benzene rings is 2. The maximum absolute atomic E-state index is 13.1. The molecule has 4 nitrogen and oxygen atoms in total. The van der Waals surface area contributed by atoms with E-state index in [9.17, 15) is 4.79 Å². The Hall–Kier alpha value is -2.98. The van der Waals surface area contributed by atoms with Crippen LogP contribution in [0.4, 0.5) is 0 Å². The first-order valence-electron chi connectivity index (χ1n) is 13.7. The van der Waals surface area contributed by atoms with Gasteiger partial charge in [-0.1, -0.05) is 50.2 Å². The fourth-order valence-corrected chi connectivity index (χ4v) is 6.51. The molecule has 36 heavy (non-hydrogen) atoms. The lowest BCUT2D eigenvalue weighted by Crippen LogP contribution is -2.58. The molecule has 2 bridgehead atoms. The van der Waals surface area contributed by atoms with E-state index in [2.05, 4.69) is 65.4 Å². The van der Waals surface area contributed by atoms with Crippen molar-refractivity contribution >= 4 is 5.91 Å². The van der Waals surface area contributed by atoms with Gasteiger partial charge < -0.3 is 5.32 Å². The number of hydrogen-bond acceptors (Lipinski definition) is 3. The number of amides is 1. The molecule has 1 saturated carbocycles. The van der Waals surface area contributed by atoms with Gasteiger partial charge in [-0.3, -0.25) is 14.7 Å². The zero-order valence-corrected chi connectivity index (χ0v) is 21.5. The smallest absolute Gasteiger partial charge is 0.251 e. The molecule has 1 amide bonds. The van der Waals surface area contributed by atoms with Gasteiger partial charge in [0.1, 0.15) is 0 Å². The van der Waals surface area contributed by atoms with E-state index in [1.165, 1.54) is 49.0 Å². The average Bonchev–Trinajstić information content (AvgIpc) is 3.73. The maximum Gasteiger partial charge on any atom is 0.251 e. The summed E-state index contributed by atoms with van der Waals surface area (Å²) in [6.07, 6.45) is 7.77. The lowest BCUT2D eigenvalue weighted by atomic mass is 9.59. The highest BCUT2D eigenvalue weighted by Crippen LogP contribution is 2.49. The molecule has 3 atom stereocenters. The first-order chi connectivity index (χ1) is 17.5. The van der Waals surface area contributed by atoms with Gasteiger partial charge >= 0.3 is 0 Å². The standard InChI is InChI=1S/C32H37N3O/c1-22-30-20-26-12-13-27(19-28(26)32(22,2)15-18-35(30)21-24-6-7-24)31(36)34-17-14-23-8-10-25(11-9-23)29-5-3-4-16-33-29/h3-5,8-13,16,19,22,24,30H,6-7,14-15,17-18,20-21H2,1-2H3,(H,34,36)/t22-,30?,32-/m0/s1. The minimum Gasteiger partial charge on any atom is -0.352 e. The molecule has 3 aliphatic rings. The normalized spacial score (nSPS) is 25.3. The number of piperidine rings is 1. The fourth-order valence-electron chi connectivity index (χ4n) is 6.51. The predicted octanol–water partition coefficient (Wildman–Crippen LogP) is 5.66. The number of aromatic nitrogens is 1. The summed E-state index contributed by atoms with van der Waals surface area (Å²) in [7, 11) is 0. The SMILES string of the molecule is C[C@H]1C2Cc3ccc(C(=O)NCCc4ccc(-c5ccccn5)cc4)cc3[C@@]1(C)CCN2CC1CC1. The van der Waals surface area contributed by atoms with Crippen LogP contribution in [0.1, 0.15) is 60.2 Å². The van der Waals surface area contributed by atoms with E-state index in [1.54, 1.807) is 0 Å². The zero-order chi connectivity index (χ0) is 24.7. The van der Waals surface area contributed by atoms with Crippen molar-refractivity contribution in [2.24, 2.45) is 11.8 Å². The number of carbonyl (C=O) groups excluding carboxylic acids is 1. The highest BCUT2D eigenvalue weighted by molar-refractivity contribution is 5.94. The Morgan fingerprint density at radius 2 is 1.94 bits per heavy atom. The minimum absolute atomic E-state index is 0.0347. The molecule has 2 heterocycles. The summed E-state index contributed by atoms with van der Waals surface area (Å²) in [5.41, 5.74) is 7.12. The molecule has 0 spiro atoms. The lowest BCUT2D eigenvalue weighted by molar-refractivity contribution is 0.0284. The van der Waals surface area contributed by atoms with E-state index in [1.807, 2.05) is 30.5 Å². The average molecular weight is 480 g/mol. The molecule has 1 aromatic heterocycles. The highest BCUT2D eigenvalue weighted by Gasteiger charge is 2.49. The van der Waals surface area contributed by atoms with Crippen molar-refractivity contribution in [1.82, 2.24) is 15.2 Å². The van der Waals surface area contributed by atoms with Crippen LogP contribution in [-0.2, 0) is 18.3 Å². The Morgan fingerprint density at radius 3 is 2.69 bits per heavy atom. The summed E-state index contributed by atoms with van der Waals surface area (Å²) >= 11 is 0. The van der Waals surface area contributed by atoms with Crippen molar-refractivity contribution < 1.29 is 4.79 Å². The Labute approximate surface area is 215 Å². The second kappa shape index (κ2) is 9.48. The topological polar surface area (TPSA) is 45.2 Å². The molecular formula is C32H37N3O. The van der Waals surface area contributed by atoms with Crippen LogP contribution in [0.15, 0.2) is 66.9 Å². The Balaban J connectivity index is 1.10. The van der Waals surface area contributed by atoms with Gasteiger partial charge in [-0.25, -0.2) is 0 Å². The quantitative estimate of drug-likeness (QED) is 0.476. The van der Waals surface area contributed by atoms with Crippen molar-refractivity contribution in [2.45, 2.75) is 57.4 Å². The number of carbonyl (C=O) groups is 1. The van der Waals surface area contributed by atoms with Gasteiger partial charge in [0.15, 0.2) is 0 Å². The van der Waals surface area contributed by atoms with Crippen LogP contribution >= 0.6 is 0 Å². The third-order valence-corrected chi connectivity index (χ3v) is 9.19. The third-order valence-electron chi connectivity index (χ3n) is 9.19. The largest absolute Gasteiger partial charge is 0.352 e. The minimum atomic E-state index is 0.0347. The van der Waals surface area contributed by atoms with Gasteiger partial charge in [-0.15, -0.1) is 0 Å². The number of rotatable bonds is 7. The van der Waals surface area contributed by atoms with E-state index in [-0.39, 0.29) is 11.3 Å².